The summed E-state index contributed by atoms with van der Waals surface area (Å²) in [7, 11) is 0. The maximum absolute atomic E-state index is 11.2. The molecule has 0 aliphatic heterocycles. The molecule has 0 atom stereocenters. The smallest absolute Gasteiger partial charge is 0.230 e. The van der Waals surface area contributed by atoms with Gasteiger partial charge in [-0.15, -0.1) is 0 Å². The van der Waals surface area contributed by atoms with Crippen molar-refractivity contribution in [3.05, 3.63) is 22.8 Å². The number of carbonyl (C=O) groups excluding carboxylic acids is 1. The fraction of sp³-hybridized carbons (Fsp3) is 0.0909. The SMILES string of the molecule is CC(=O)Nc1c(O)ccc(Br)c1-c1cnoc1N. The Bertz CT molecular complexity index is 610. The number of nitrogen functional groups attached to an aromatic ring is 1. The molecule has 1 heterocycles. The Morgan fingerprint density at radius 1 is 1.56 bits per heavy atom. The molecule has 0 bridgehead atoms. The van der Waals surface area contributed by atoms with Gasteiger partial charge in [0.15, 0.2) is 0 Å². The van der Waals surface area contributed by atoms with Crippen LogP contribution < -0.4 is 11.1 Å². The molecule has 0 saturated heterocycles. The molecular formula is C11H10BrN3O3. The van der Waals surface area contributed by atoms with Crippen LogP contribution in [0, 0.1) is 0 Å². The van der Waals surface area contributed by atoms with Crippen molar-refractivity contribution in [1.29, 1.82) is 0 Å². The van der Waals surface area contributed by atoms with Crippen LogP contribution in [-0.2, 0) is 4.79 Å². The van der Waals surface area contributed by atoms with Gasteiger partial charge in [0, 0.05) is 17.0 Å². The Hall–Kier alpha value is -2.02. The van der Waals surface area contributed by atoms with Crippen molar-refractivity contribution in [2.24, 2.45) is 0 Å². The molecule has 1 amide bonds. The number of phenolic OH excluding ortho intramolecular Hbond substituents is 1. The number of hydrogen-bond acceptors (Lipinski definition) is 5. The normalized spacial score (nSPS) is 10.3. The van der Waals surface area contributed by atoms with Crippen molar-refractivity contribution in [3.63, 3.8) is 0 Å². The minimum atomic E-state index is -0.306. The summed E-state index contributed by atoms with van der Waals surface area (Å²) in [5.74, 6) is -0.267. The maximum Gasteiger partial charge on any atom is 0.230 e. The van der Waals surface area contributed by atoms with Crippen LogP contribution in [0.4, 0.5) is 11.6 Å². The first-order chi connectivity index (χ1) is 8.50. The average molecular weight is 312 g/mol. The van der Waals surface area contributed by atoms with E-state index in [0.29, 0.717) is 15.6 Å². The molecule has 0 radical (unpaired) electrons. The van der Waals surface area contributed by atoms with E-state index in [4.69, 9.17) is 10.3 Å². The van der Waals surface area contributed by atoms with Gasteiger partial charge in [-0.2, -0.15) is 0 Å². The van der Waals surface area contributed by atoms with Crippen LogP contribution in [0.1, 0.15) is 6.92 Å². The molecule has 1 aromatic carbocycles. The molecule has 18 heavy (non-hydrogen) atoms. The van der Waals surface area contributed by atoms with E-state index in [2.05, 4.69) is 26.4 Å². The van der Waals surface area contributed by atoms with Crippen molar-refractivity contribution in [2.45, 2.75) is 6.92 Å². The van der Waals surface area contributed by atoms with Crippen LogP contribution in [0.25, 0.3) is 11.1 Å². The molecule has 0 aliphatic rings. The number of aromatic nitrogens is 1. The first kappa shape index (κ1) is 12.4. The van der Waals surface area contributed by atoms with Crippen molar-refractivity contribution in [1.82, 2.24) is 5.16 Å². The minimum Gasteiger partial charge on any atom is -0.506 e. The van der Waals surface area contributed by atoms with Crippen molar-refractivity contribution in [2.75, 3.05) is 11.1 Å². The summed E-state index contributed by atoms with van der Waals surface area (Å²) in [6.45, 7) is 1.35. The van der Waals surface area contributed by atoms with Gasteiger partial charge < -0.3 is 20.7 Å². The van der Waals surface area contributed by atoms with Crippen molar-refractivity contribution in [3.8, 4) is 16.9 Å². The van der Waals surface area contributed by atoms with E-state index in [1.807, 2.05) is 0 Å². The average Bonchev–Trinajstić information content (AvgIpc) is 2.70. The fourth-order valence-electron chi connectivity index (χ4n) is 1.57. The van der Waals surface area contributed by atoms with E-state index in [1.165, 1.54) is 19.2 Å². The highest BCUT2D eigenvalue weighted by Gasteiger charge is 2.19. The fourth-order valence-corrected chi connectivity index (χ4v) is 2.11. The van der Waals surface area contributed by atoms with Gasteiger partial charge >= 0.3 is 0 Å². The number of hydrogen-bond donors (Lipinski definition) is 3. The Morgan fingerprint density at radius 3 is 2.83 bits per heavy atom. The van der Waals surface area contributed by atoms with E-state index in [1.54, 1.807) is 6.07 Å². The molecule has 0 unspecified atom stereocenters. The van der Waals surface area contributed by atoms with Crippen LogP contribution >= 0.6 is 15.9 Å². The number of nitrogens with one attached hydrogen (secondary N) is 1. The lowest BCUT2D eigenvalue weighted by atomic mass is 10.1. The van der Waals surface area contributed by atoms with Gasteiger partial charge in [-0.25, -0.2) is 0 Å². The van der Waals surface area contributed by atoms with Gasteiger partial charge in [0.2, 0.25) is 11.8 Å². The van der Waals surface area contributed by atoms with Crippen LogP contribution in [0.2, 0.25) is 0 Å². The zero-order valence-corrected chi connectivity index (χ0v) is 11.0. The minimum absolute atomic E-state index is 0.0657. The van der Waals surface area contributed by atoms with Gasteiger partial charge in [0.1, 0.15) is 5.75 Å². The third kappa shape index (κ3) is 2.17. The Balaban J connectivity index is 2.68. The summed E-state index contributed by atoms with van der Waals surface area (Å²) in [4.78, 5) is 11.2. The third-order valence-electron chi connectivity index (χ3n) is 2.30. The van der Waals surface area contributed by atoms with Gasteiger partial charge in [0.05, 0.1) is 17.4 Å². The number of aromatic hydroxyl groups is 1. The number of halogens is 1. The van der Waals surface area contributed by atoms with Crippen LogP contribution in [0.3, 0.4) is 0 Å². The Morgan fingerprint density at radius 2 is 2.28 bits per heavy atom. The molecule has 0 aliphatic carbocycles. The Kier molecular flexibility index (Phi) is 3.24. The monoisotopic (exact) mass is 311 g/mol. The second-order valence-electron chi connectivity index (χ2n) is 3.60. The summed E-state index contributed by atoms with van der Waals surface area (Å²) in [6, 6.07) is 3.10. The molecule has 7 heteroatoms. The molecule has 2 aromatic rings. The van der Waals surface area contributed by atoms with Gasteiger partial charge in [-0.1, -0.05) is 21.1 Å². The molecule has 4 N–H and O–H groups in total. The van der Waals surface area contributed by atoms with Crippen LogP contribution in [0.5, 0.6) is 5.75 Å². The molecular weight excluding hydrogens is 302 g/mol. The van der Waals surface area contributed by atoms with E-state index < -0.39 is 0 Å². The second kappa shape index (κ2) is 4.69. The first-order valence-corrected chi connectivity index (χ1v) is 5.79. The Labute approximate surface area is 111 Å². The topological polar surface area (TPSA) is 101 Å². The predicted octanol–water partition coefficient (Wildman–Crippen LogP) is 2.35. The molecule has 0 fully saturated rings. The number of nitrogens with zero attached hydrogens (tertiary/aromatic N) is 1. The number of anilines is 2. The number of rotatable bonds is 2. The molecule has 94 valence electrons. The van der Waals surface area contributed by atoms with Crippen molar-refractivity contribution >= 4 is 33.4 Å². The summed E-state index contributed by atoms with van der Waals surface area (Å²) in [6.07, 6.45) is 1.42. The van der Waals surface area contributed by atoms with E-state index in [0.717, 1.165) is 0 Å². The number of phenols is 1. The standard InChI is InChI=1S/C11H10BrN3O3/c1-5(16)15-10-8(17)3-2-7(12)9(10)6-4-14-18-11(6)13/h2-4,17H,13H2,1H3,(H,15,16). The van der Waals surface area contributed by atoms with E-state index in [-0.39, 0.29) is 23.2 Å². The molecule has 2 rings (SSSR count). The lowest BCUT2D eigenvalue weighted by Crippen LogP contribution is -2.07. The highest BCUT2D eigenvalue weighted by molar-refractivity contribution is 9.10. The summed E-state index contributed by atoms with van der Waals surface area (Å²) in [5, 5.41) is 16.0. The first-order valence-electron chi connectivity index (χ1n) is 5.00. The maximum atomic E-state index is 11.2. The zero-order valence-electron chi connectivity index (χ0n) is 9.40. The van der Waals surface area contributed by atoms with E-state index >= 15 is 0 Å². The molecule has 0 saturated carbocycles. The summed E-state index contributed by atoms with van der Waals surface area (Å²) in [5.41, 5.74) is 6.91. The number of carbonyl (C=O) groups is 1. The van der Waals surface area contributed by atoms with E-state index in [9.17, 15) is 9.90 Å². The summed E-state index contributed by atoms with van der Waals surface area (Å²) < 4.78 is 5.44. The highest BCUT2D eigenvalue weighted by atomic mass is 79.9. The number of amides is 1. The third-order valence-corrected chi connectivity index (χ3v) is 2.96. The largest absolute Gasteiger partial charge is 0.506 e. The highest BCUT2D eigenvalue weighted by Crippen LogP contribution is 2.42. The number of benzene rings is 1. The summed E-state index contributed by atoms with van der Waals surface area (Å²) >= 11 is 3.34. The molecule has 0 spiro atoms. The second-order valence-corrected chi connectivity index (χ2v) is 4.46. The zero-order chi connectivity index (χ0) is 13.3. The van der Waals surface area contributed by atoms with Crippen LogP contribution in [0.15, 0.2) is 27.3 Å². The lowest BCUT2D eigenvalue weighted by Gasteiger charge is -2.12. The van der Waals surface area contributed by atoms with Gasteiger partial charge in [-0.05, 0) is 12.1 Å². The lowest BCUT2D eigenvalue weighted by molar-refractivity contribution is -0.114. The van der Waals surface area contributed by atoms with Crippen molar-refractivity contribution < 1.29 is 14.4 Å². The van der Waals surface area contributed by atoms with Crippen LogP contribution in [-0.4, -0.2) is 16.2 Å². The molecule has 1 aromatic heterocycles. The van der Waals surface area contributed by atoms with Gasteiger partial charge in [-0.3, -0.25) is 4.79 Å². The van der Waals surface area contributed by atoms with Gasteiger partial charge in [0.25, 0.3) is 0 Å². The number of nitrogens with two attached hydrogens (primary N) is 1. The predicted molar refractivity (Wildman–Crippen MR) is 70.0 cm³/mol. The quantitative estimate of drug-likeness (QED) is 0.739. The molecule has 6 nitrogen and oxygen atoms in total.